The van der Waals surface area contributed by atoms with E-state index in [4.69, 9.17) is 11.6 Å². The number of halogens is 1. The van der Waals surface area contributed by atoms with Gasteiger partial charge in [0.2, 0.25) is 0 Å². The highest BCUT2D eigenvalue weighted by atomic mass is 35.5. The van der Waals surface area contributed by atoms with E-state index in [1.54, 1.807) is 12.1 Å². The van der Waals surface area contributed by atoms with Crippen LogP contribution in [0, 0.1) is 0 Å². The Balaban J connectivity index is 1.86. The highest BCUT2D eigenvalue weighted by Gasteiger charge is 2.08. The molecular formula is C25H17ClO. The average Bonchev–Trinajstić information content (AvgIpc) is 2.75. The van der Waals surface area contributed by atoms with E-state index >= 15 is 0 Å². The predicted molar refractivity (Wildman–Crippen MR) is 113 cm³/mol. The molecule has 27 heavy (non-hydrogen) atoms. The quantitative estimate of drug-likeness (QED) is 0.352. The Kier molecular flexibility index (Phi) is 4.86. The van der Waals surface area contributed by atoms with Gasteiger partial charge in [-0.2, -0.15) is 0 Å². The Morgan fingerprint density at radius 2 is 0.852 bits per heavy atom. The van der Waals surface area contributed by atoms with Crippen LogP contribution in [0.2, 0.25) is 0 Å². The van der Waals surface area contributed by atoms with Gasteiger partial charge in [0.25, 0.3) is 5.24 Å². The fourth-order valence-corrected chi connectivity index (χ4v) is 3.31. The summed E-state index contributed by atoms with van der Waals surface area (Å²) in [5.41, 5.74) is 7.31. The summed E-state index contributed by atoms with van der Waals surface area (Å²) < 4.78 is 0. The van der Waals surface area contributed by atoms with E-state index in [0.717, 1.165) is 22.3 Å². The third kappa shape index (κ3) is 3.84. The molecule has 0 spiro atoms. The smallest absolute Gasteiger partial charge is 0.252 e. The summed E-state index contributed by atoms with van der Waals surface area (Å²) in [6.45, 7) is 0. The second-order valence-electron chi connectivity index (χ2n) is 6.38. The van der Waals surface area contributed by atoms with Crippen LogP contribution in [0.1, 0.15) is 10.4 Å². The number of carbonyl (C=O) groups excluding carboxylic acids is 1. The molecular weight excluding hydrogens is 352 g/mol. The summed E-state index contributed by atoms with van der Waals surface area (Å²) in [6, 6.07) is 34.7. The predicted octanol–water partition coefficient (Wildman–Crippen LogP) is 7.07. The Labute approximate surface area is 163 Å². The first-order valence-corrected chi connectivity index (χ1v) is 9.15. The molecule has 0 atom stereocenters. The Bertz CT molecular complexity index is 1010. The standard InChI is InChI=1S/C25H17ClO/c26-25(27)21-13-11-20(12-14-21)24-16-22(18-7-3-1-4-8-18)15-23(17-24)19-9-5-2-6-10-19/h1-17H. The monoisotopic (exact) mass is 368 g/mol. The van der Waals surface area contributed by atoms with Gasteiger partial charge in [0.1, 0.15) is 0 Å². The molecule has 130 valence electrons. The van der Waals surface area contributed by atoms with Crippen molar-refractivity contribution in [2.24, 2.45) is 0 Å². The Morgan fingerprint density at radius 3 is 1.22 bits per heavy atom. The minimum absolute atomic E-state index is 0.440. The van der Waals surface area contributed by atoms with E-state index in [-0.39, 0.29) is 0 Å². The summed E-state index contributed by atoms with van der Waals surface area (Å²) >= 11 is 5.57. The van der Waals surface area contributed by atoms with Crippen LogP contribution in [0.5, 0.6) is 0 Å². The molecule has 0 aromatic heterocycles. The topological polar surface area (TPSA) is 17.1 Å². The van der Waals surface area contributed by atoms with Crippen molar-refractivity contribution in [3.05, 3.63) is 109 Å². The van der Waals surface area contributed by atoms with Crippen LogP contribution in [0.4, 0.5) is 0 Å². The van der Waals surface area contributed by atoms with E-state index < -0.39 is 5.24 Å². The molecule has 0 unspecified atom stereocenters. The van der Waals surface area contributed by atoms with Gasteiger partial charge in [-0.1, -0.05) is 72.8 Å². The van der Waals surface area contributed by atoms with E-state index in [1.165, 1.54) is 11.1 Å². The Morgan fingerprint density at radius 1 is 0.481 bits per heavy atom. The average molecular weight is 369 g/mol. The maximum Gasteiger partial charge on any atom is 0.252 e. The second kappa shape index (κ2) is 7.61. The highest BCUT2D eigenvalue weighted by molar-refractivity contribution is 6.67. The number of hydrogen-bond donors (Lipinski definition) is 0. The molecule has 0 radical (unpaired) electrons. The molecule has 0 N–H and O–H groups in total. The minimum Gasteiger partial charge on any atom is -0.276 e. The highest BCUT2D eigenvalue weighted by Crippen LogP contribution is 2.33. The summed E-state index contributed by atoms with van der Waals surface area (Å²) in [5.74, 6) is 0. The van der Waals surface area contributed by atoms with Gasteiger partial charge in [0.05, 0.1) is 0 Å². The third-order valence-electron chi connectivity index (χ3n) is 4.59. The molecule has 2 heteroatoms. The van der Waals surface area contributed by atoms with Gasteiger partial charge in [-0.15, -0.1) is 0 Å². The van der Waals surface area contributed by atoms with Crippen molar-refractivity contribution in [3.8, 4) is 33.4 Å². The fourth-order valence-electron chi connectivity index (χ4n) is 3.18. The molecule has 4 aromatic rings. The van der Waals surface area contributed by atoms with Crippen molar-refractivity contribution in [1.29, 1.82) is 0 Å². The van der Waals surface area contributed by atoms with Crippen molar-refractivity contribution in [1.82, 2.24) is 0 Å². The number of rotatable bonds is 4. The molecule has 1 nitrogen and oxygen atoms in total. The van der Waals surface area contributed by atoms with Crippen molar-refractivity contribution in [2.75, 3.05) is 0 Å². The van der Waals surface area contributed by atoms with Gasteiger partial charge in [-0.25, -0.2) is 0 Å². The van der Waals surface area contributed by atoms with E-state index in [1.807, 2.05) is 48.5 Å². The number of hydrogen-bond acceptors (Lipinski definition) is 1. The molecule has 4 aromatic carbocycles. The van der Waals surface area contributed by atoms with Gasteiger partial charge in [-0.3, -0.25) is 4.79 Å². The molecule has 0 aliphatic carbocycles. The summed E-state index contributed by atoms with van der Waals surface area (Å²) in [7, 11) is 0. The van der Waals surface area contributed by atoms with Crippen LogP contribution < -0.4 is 0 Å². The summed E-state index contributed by atoms with van der Waals surface area (Å²) in [6.07, 6.45) is 0. The molecule has 0 fully saturated rings. The molecule has 0 saturated carbocycles. The molecule has 0 saturated heterocycles. The lowest BCUT2D eigenvalue weighted by atomic mass is 9.93. The zero-order valence-corrected chi connectivity index (χ0v) is 15.4. The third-order valence-corrected chi connectivity index (χ3v) is 4.81. The second-order valence-corrected chi connectivity index (χ2v) is 6.73. The van der Waals surface area contributed by atoms with Crippen LogP contribution in [0.15, 0.2) is 103 Å². The first-order valence-electron chi connectivity index (χ1n) is 8.77. The molecule has 0 aliphatic rings. The SMILES string of the molecule is O=C(Cl)c1ccc(-c2cc(-c3ccccc3)cc(-c3ccccc3)c2)cc1. The zero-order valence-electron chi connectivity index (χ0n) is 14.6. The van der Waals surface area contributed by atoms with Gasteiger partial charge in [-0.05, 0) is 75.3 Å². The number of carbonyl (C=O) groups is 1. The van der Waals surface area contributed by atoms with E-state index in [2.05, 4.69) is 42.5 Å². The maximum atomic E-state index is 11.3. The minimum atomic E-state index is -0.440. The first kappa shape index (κ1) is 17.3. The van der Waals surface area contributed by atoms with E-state index in [9.17, 15) is 4.79 Å². The van der Waals surface area contributed by atoms with Crippen LogP contribution in [-0.4, -0.2) is 5.24 Å². The van der Waals surface area contributed by atoms with Crippen molar-refractivity contribution >= 4 is 16.8 Å². The summed E-state index contributed by atoms with van der Waals surface area (Å²) in [4.78, 5) is 11.3. The molecule has 4 rings (SSSR count). The van der Waals surface area contributed by atoms with Crippen LogP contribution in [-0.2, 0) is 0 Å². The van der Waals surface area contributed by atoms with Crippen molar-refractivity contribution < 1.29 is 4.79 Å². The van der Waals surface area contributed by atoms with Gasteiger partial charge >= 0.3 is 0 Å². The van der Waals surface area contributed by atoms with Crippen molar-refractivity contribution in [3.63, 3.8) is 0 Å². The zero-order chi connectivity index (χ0) is 18.6. The number of benzene rings is 4. The first-order chi connectivity index (χ1) is 13.2. The fraction of sp³-hybridized carbons (Fsp3) is 0. The van der Waals surface area contributed by atoms with Crippen LogP contribution in [0.25, 0.3) is 33.4 Å². The van der Waals surface area contributed by atoms with Gasteiger partial charge < -0.3 is 0 Å². The molecule has 0 heterocycles. The van der Waals surface area contributed by atoms with Crippen LogP contribution >= 0.6 is 11.6 Å². The normalized spacial score (nSPS) is 10.6. The Hall–Kier alpha value is -3.16. The molecule has 0 amide bonds. The molecule has 0 bridgehead atoms. The summed E-state index contributed by atoms with van der Waals surface area (Å²) in [5, 5.41) is -0.440. The van der Waals surface area contributed by atoms with E-state index in [0.29, 0.717) is 5.56 Å². The lowest BCUT2D eigenvalue weighted by Gasteiger charge is -2.11. The van der Waals surface area contributed by atoms with Crippen molar-refractivity contribution in [2.45, 2.75) is 0 Å². The van der Waals surface area contributed by atoms with Gasteiger partial charge in [0, 0.05) is 5.56 Å². The van der Waals surface area contributed by atoms with Crippen LogP contribution in [0.3, 0.4) is 0 Å². The largest absolute Gasteiger partial charge is 0.276 e. The molecule has 0 aliphatic heterocycles. The van der Waals surface area contributed by atoms with Gasteiger partial charge in [0.15, 0.2) is 0 Å². The lowest BCUT2D eigenvalue weighted by molar-refractivity contribution is 0.108. The maximum absolute atomic E-state index is 11.3. The lowest BCUT2D eigenvalue weighted by Crippen LogP contribution is -1.89.